The number of hydrogen-bond acceptors (Lipinski definition) is 6. The van der Waals surface area contributed by atoms with E-state index in [0.717, 1.165) is 38.9 Å². The van der Waals surface area contributed by atoms with Crippen molar-refractivity contribution in [1.29, 1.82) is 0 Å². The number of rotatable bonds is 5. The van der Waals surface area contributed by atoms with E-state index in [2.05, 4.69) is 10.2 Å². The van der Waals surface area contributed by atoms with Gasteiger partial charge in [0.05, 0.1) is 19.3 Å². The van der Waals surface area contributed by atoms with Crippen molar-refractivity contribution in [3.05, 3.63) is 28.3 Å². The standard InChI is InChI=1S/C19H29N3O5/c1-26-17-13-27-15(11-16(17)23)12-21-7-4-5-19(25,6-10-21)14-20-18(24)22-8-2-3-9-22/h11,13,25H,2-10,12,14H2,1H3,(H,20,24)/t19-/m0/s1. The third-order valence-corrected chi connectivity index (χ3v) is 5.42. The summed E-state index contributed by atoms with van der Waals surface area (Å²) in [6.45, 7) is 3.85. The zero-order valence-electron chi connectivity index (χ0n) is 15.9. The molecular formula is C19H29N3O5. The number of nitrogens with zero attached hydrogens (tertiary/aromatic N) is 2. The van der Waals surface area contributed by atoms with Crippen molar-refractivity contribution < 1.29 is 19.1 Å². The molecule has 2 aliphatic heterocycles. The Morgan fingerprint density at radius 1 is 1.26 bits per heavy atom. The highest BCUT2D eigenvalue weighted by atomic mass is 16.5. The molecule has 3 rings (SSSR count). The van der Waals surface area contributed by atoms with Gasteiger partial charge in [-0.1, -0.05) is 0 Å². The van der Waals surface area contributed by atoms with Crippen LogP contribution < -0.4 is 15.5 Å². The molecule has 8 heteroatoms. The Bertz CT molecular complexity index is 701. The average molecular weight is 379 g/mol. The molecule has 0 bridgehead atoms. The summed E-state index contributed by atoms with van der Waals surface area (Å²) in [4.78, 5) is 28.0. The van der Waals surface area contributed by atoms with Crippen molar-refractivity contribution in [2.24, 2.45) is 0 Å². The van der Waals surface area contributed by atoms with E-state index in [4.69, 9.17) is 9.15 Å². The third-order valence-electron chi connectivity index (χ3n) is 5.42. The highest BCUT2D eigenvalue weighted by Crippen LogP contribution is 2.23. The van der Waals surface area contributed by atoms with E-state index < -0.39 is 5.60 Å². The molecule has 2 saturated heterocycles. The van der Waals surface area contributed by atoms with Gasteiger partial charge in [0, 0.05) is 32.2 Å². The van der Waals surface area contributed by atoms with Crippen molar-refractivity contribution in [1.82, 2.24) is 15.1 Å². The first-order valence-electron chi connectivity index (χ1n) is 9.62. The number of urea groups is 1. The number of likely N-dealkylation sites (tertiary alicyclic amines) is 2. The summed E-state index contributed by atoms with van der Waals surface area (Å²) in [5.41, 5.74) is -1.10. The van der Waals surface area contributed by atoms with Gasteiger partial charge in [-0.2, -0.15) is 0 Å². The quantitative estimate of drug-likeness (QED) is 0.797. The van der Waals surface area contributed by atoms with Gasteiger partial charge < -0.3 is 24.5 Å². The highest BCUT2D eigenvalue weighted by molar-refractivity contribution is 5.74. The Morgan fingerprint density at radius 3 is 2.74 bits per heavy atom. The molecular weight excluding hydrogens is 350 g/mol. The molecule has 2 N–H and O–H groups in total. The maximum atomic E-state index is 12.1. The summed E-state index contributed by atoms with van der Waals surface area (Å²) in [5, 5.41) is 13.8. The van der Waals surface area contributed by atoms with Crippen LogP contribution in [-0.2, 0) is 6.54 Å². The summed E-state index contributed by atoms with van der Waals surface area (Å²) in [6, 6.07) is 1.37. The van der Waals surface area contributed by atoms with Crippen LogP contribution in [0.15, 0.2) is 21.5 Å². The van der Waals surface area contributed by atoms with E-state index in [-0.39, 0.29) is 23.8 Å². The number of methoxy groups -OCH3 is 1. The number of aliphatic hydroxyl groups is 1. The predicted molar refractivity (Wildman–Crippen MR) is 99.8 cm³/mol. The fourth-order valence-electron chi connectivity index (χ4n) is 3.73. The van der Waals surface area contributed by atoms with E-state index in [1.165, 1.54) is 19.4 Å². The fourth-order valence-corrected chi connectivity index (χ4v) is 3.73. The van der Waals surface area contributed by atoms with Gasteiger partial charge in [-0.15, -0.1) is 0 Å². The van der Waals surface area contributed by atoms with Crippen LogP contribution in [0.4, 0.5) is 4.79 Å². The van der Waals surface area contributed by atoms with Gasteiger partial charge in [0.15, 0.2) is 0 Å². The Balaban J connectivity index is 1.51. The number of ether oxygens (including phenoxy) is 1. The lowest BCUT2D eigenvalue weighted by atomic mass is 9.95. The van der Waals surface area contributed by atoms with Crippen molar-refractivity contribution in [2.75, 3.05) is 39.8 Å². The first kappa shape index (κ1) is 19.7. The van der Waals surface area contributed by atoms with Crippen LogP contribution in [-0.4, -0.2) is 66.4 Å². The molecule has 150 valence electrons. The lowest BCUT2D eigenvalue weighted by molar-refractivity contribution is 0.0266. The van der Waals surface area contributed by atoms with E-state index in [0.29, 0.717) is 31.7 Å². The fraction of sp³-hybridized carbons (Fsp3) is 0.684. The minimum Gasteiger partial charge on any atom is -0.490 e. The summed E-state index contributed by atoms with van der Waals surface area (Å²) >= 11 is 0. The van der Waals surface area contributed by atoms with Gasteiger partial charge >= 0.3 is 6.03 Å². The predicted octanol–water partition coefficient (Wildman–Crippen LogP) is 1.17. The Labute approximate surface area is 159 Å². The molecule has 2 aliphatic rings. The van der Waals surface area contributed by atoms with Gasteiger partial charge in [-0.05, 0) is 38.6 Å². The van der Waals surface area contributed by atoms with Crippen molar-refractivity contribution in [3.63, 3.8) is 0 Å². The monoisotopic (exact) mass is 379 g/mol. The molecule has 0 saturated carbocycles. The third kappa shape index (κ3) is 5.23. The summed E-state index contributed by atoms with van der Waals surface area (Å²) in [5.74, 6) is 0.770. The van der Waals surface area contributed by atoms with Gasteiger partial charge in [-0.3, -0.25) is 9.69 Å². The van der Waals surface area contributed by atoms with Gasteiger partial charge in [0.2, 0.25) is 11.2 Å². The first-order valence-corrected chi connectivity index (χ1v) is 9.62. The summed E-state index contributed by atoms with van der Waals surface area (Å²) in [6.07, 6.45) is 5.45. The zero-order chi connectivity index (χ0) is 19.3. The average Bonchev–Trinajstić information content (AvgIpc) is 3.13. The lowest BCUT2D eigenvalue weighted by Crippen LogP contribution is -2.47. The minimum absolute atomic E-state index is 0.0814. The minimum atomic E-state index is -0.898. The molecule has 2 amide bonds. The van der Waals surface area contributed by atoms with Crippen LogP contribution in [0, 0.1) is 0 Å². The highest BCUT2D eigenvalue weighted by Gasteiger charge is 2.31. The number of amides is 2. The van der Waals surface area contributed by atoms with Crippen molar-refractivity contribution in [2.45, 2.75) is 44.2 Å². The largest absolute Gasteiger partial charge is 0.490 e. The molecule has 1 aromatic rings. The van der Waals surface area contributed by atoms with Gasteiger partial charge in [0.25, 0.3) is 0 Å². The van der Waals surface area contributed by atoms with E-state index >= 15 is 0 Å². The Morgan fingerprint density at radius 2 is 2.04 bits per heavy atom. The smallest absolute Gasteiger partial charge is 0.317 e. The molecule has 8 nitrogen and oxygen atoms in total. The topological polar surface area (TPSA) is 95.2 Å². The van der Waals surface area contributed by atoms with Crippen LogP contribution in [0.2, 0.25) is 0 Å². The zero-order valence-corrected chi connectivity index (χ0v) is 15.9. The first-order chi connectivity index (χ1) is 13.0. The molecule has 1 aromatic heterocycles. The molecule has 3 heterocycles. The number of carbonyl (C=O) groups excluding carboxylic acids is 1. The van der Waals surface area contributed by atoms with Crippen LogP contribution in [0.3, 0.4) is 0 Å². The Kier molecular flexibility index (Phi) is 6.38. The number of hydrogen-bond donors (Lipinski definition) is 2. The van der Waals surface area contributed by atoms with Crippen molar-refractivity contribution >= 4 is 6.03 Å². The van der Waals surface area contributed by atoms with Gasteiger partial charge in [-0.25, -0.2) is 4.79 Å². The van der Waals surface area contributed by atoms with Crippen LogP contribution in [0.25, 0.3) is 0 Å². The second kappa shape index (κ2) is 8.75. The van der Waals surface area contributed by atoms with E-state index in [1.807, 2.05) is 0 Å². The maximum absolute atomic E-state index is 12.1. The molecule has 27 heavy (non-hydrogen) atoms. The molecule has 0 spiro atoms. The molecule has 2 fully saturated rings. The second-order valence-corrected chi connectivity index (χ2v) is 7.49. The van der Waals surface area contributed by atoms with E-state index in [9.17, 15) is 14.7 Å². The SMILES string of the molecule is COc1coc(CN2CCC[C@@](O)(CNC(=O)N3CCCC3)CC2)cc1=O. The molecule has 0 radical (unpaired) electrons. The summed E-state index contributed by atoms with van der Waals surface area (Å²) in [7, 11) is 1.43. The molecule has 0 aliphatic carbocycles. The summed E-state index contributed by atoms with van der Waals surface area (Å²) < 4.78 is 10.4. The Hall–Kier alpha value is -2.06. The van der Waals surface area contributed by atoms with E-state index in [1.54, 1.807) is 4.90 Å². The maximum Gasteiger partial charge on any atom is 0.317 e. The molecule has 0 unspecified atom stereocenters. The second-order valence-electron chi connectivity index (χ2n) is 7.49. The van der Waals surface area contributed by atoms with Crippen molar-refractivity contribution in [3.8, 4) is 5.75 Å². The lowest BCUT2D eigenvalue weighted by Gasteiger charge is -2.28. The van der Waals surface area contributed by atoms with Gasteiger partial charge in [0.1, 0.15) is 12.0 Å². The number of carbonyl (C=O) groups is 1. The molecule has 0 aromatic carbocycles. The molecule has 1 atom stereocenters. The normalized spacial score (nSPS) is 23.9. The van der Waals surface area contributed by atoms with Crippen LogP contribution in [0.1, 0.15) is 37.9 Å². The van der Waals surface area contributed by atoms with Crippen LogP contribution in [0.5, 0.6) is 5.75 Å². The van der Waals surface area contributed by atoms with Crippen LogP contribution >= 0.6 is 0 Å². The number of nitrogens with one attached hydrogen (secondary N) is 1.